The van der Waals surface area contributed by atoms with Gasteiger partial charge in [0, 0.05) is 16.2 Å². The van der Waals surface area contributed by atoms with E-state index in [-0.39, 0.29) is 0 Å². The maximum absolute atomic E-state index is 5.28. The summed E-state index contributed by atoms with van der Waals surface area (Å²) in [5, 5.41) is 0. The topological polar surface area (TPSA) is 22.1 Å². The number of ether oxygens (including phenoxy) is 1. The Morgan fingerprint density at radius 3 is 2.43 bits per heavy atom. The van der Waals surface area contributed by atoms with E-state index in [1.807, 2.05) is 48.7 Å². The highest BCUT2D eigenvalue weighted by Gasteiger charge is 2.07. The van der Waals surface area contributed by atoms with Crippen molar-refractivity contribution in [2.24, 2.45) is 0 Å². The van der Waals surface area contributed by atoms with E-state index in [1.165, 1.54) is 0 Å². The lowest BCUT2D eigenvalue weighted by molar-refractivity contribution is 0.415. The molecule has 0 saturated heterocycles. The fourth-order valence-corrected chi connectivity index (χ4v) is 2.66. The van der Waals surface area contributed by atoms with Crippen LogP contribution in [0.4, 0.5) is 0 Å². The number of benzene rings is 2. The van der Waals surface area contributed by atoms with Crippen molar-refractivity contribution < 1.29 is 4.74 Å². The van der Waals surface area contributed by atoms with Crippen LogP contribution < -0.4 is 4.74 Å². The summed E-state index contributed by atoms with van der Waals surface area (Å²) >= 11 is 3.58. The molecule has 0 radical (unpaired) electrons. The second kappa shape index (κ2) is 6.10. The largest absolute Gasteiger partial charge is 0.497 e. The third kappa shape index (κ3) is 2.98. The lowest BCUT2D eigenvalue weighted by Crippen LogP contribution is -1.89. The second-order valence-electron chi connectivity index (χ2n) is 4.65. The van der Waals surface area contributed by atoms with Gasteiger partial charge in [0.2, 0.25) is 0 Å². The predicted octanol–water partition coefficient (Wildman–Crippen LogP) is 5.19. The van der Waals surface area contributed by atoms with E-state index in [0.717, 1.165) is 32.6 Å². The first kappa shape index (κ1) is 13.8. The van der Waals surface area contributed by atoms with Crippen LogP contribution in [0, 0.1) is 0 Å². The van der Waals surface area contributed by atoms with Gasteiger partial charge in [0.15, 0.2) is 0 Å². The minimum atomic E-state index is 0.832. The van der Waals surface area contributed by atoms with Crippen LogP contribution in [0.5, 0.6) is 5.75 Å². The Balaban J connectivity index is 2.09. The minimum absolute atomic E-state index is 0.832. The van der Waals surface area contributed by atoms with E-state index in [1.54, 1.807) is 7.11 Å². The van der Waals surface area contributed by atoms with Crippen LogP contribution in [0.2, 0.25) is 0 Å². The standard InChI is InChI=1S/C18H14BrNO/c1-21-15-9-5-8-14(10-15)18-11-16(17(19)12-20-18)13-6-3-2-4-7-13/h2-12H,1H3. The first-order valence-corrected chi connectivity index (χ1v) is 7.42. The van der Waals surface area contributed by atoms with E-state index in [9.17, 15) is 0 Å². The Bertz CT molecular complexity index is 756. The van der Waals surface area contributed by atoms with E-state index in [2.05, 4.69) is 39.1 Å². The van der Waals surface area contributed by atoms with Crippen molar-refractivity contribution in [1.29, 1.82) is 0 Å². The molecule has 3 rings (SSSR count). The van der Waals surface area contributed by atoms with Gasteiger partial charge in [0.05, 0.1) is 12.8 Å². The quantitative estimate of drug-likeness (QED) is 0.655. The number of nitrogens with zero attached hydrogens (tertiary/aromatic N) is 1. The van der Waals surface area contributed by atoms with Crippen molar-refractivity contribution in [2.75, 3.05) is 7.11 Å². The molecule has 1 heterocycles. The van der Waals surface area contributed by atoms with E-state index >= 15 is 0 Å². The second-order valence-corrected chi connectivity index (χ2v) is 5.50. The van der Waals surface area contributed by atoms with Crippen molar-refractivity contribution in [1.82, 2.24) is 4.98 Å². The Hall–Kier alpha value is -2.13. The molecular formula is C18H14BrNO. The lowest BCUT2D eigenvalue weighted by atomic mass is 10.0. The summed E-state index contributed by atoms with van der Waals surface area (Å²) in [5.74, 6) is 0.832. The van der Waals surface area contributed by atoms with Crippen LogP contribution in [-0.4, -0.2) is 12.1 Å². The first-order chi connectivity index (χ1) is 10.3. The summed E-state index contributed by atoms with van der Waals surface area (Å²) in [5.41, 5.74) is 4.26. The number of hydrogen-bond donors (Lipinski definition) is 0. The molecule has 0 atom stereocenters. The van der Waals surface area contributed by atoms with Crippen molar-refractivity contribution >= 4 is 15.9 Å². The highest BCUT2D eigenvalue weighted by Crippen LogP contribution is 2.31. The van der Waals surface area contributed by atoms with Crippen molar-refractivity contribution in [3.63, 3.8) is 0 Å². The normalized spacial score (nSPS) is 10.4. The summed E-state index contributed by atoms with van der Waals surface area (Å²) in [7, 11) is 1.67. The lowest BCUT2D eigenvalue weighted by Gasteiger charge is -2.09. The summed E-state index contributed by atoms with van der Waals surface area (Å²) in [6, 6.07) is 20.3. The smallest absolute Gasteiger partial charge is 0.119 e. The molecule has 0 fully saturated rings. The molecular weight excluding hydrogens is 326 g/mol. The maximum atomic E-state index is 5.28. The highest BCUT2D eigenvalue weighted by atomic mass is 79.9. The highest BCUT2D eigenvalue weighted by molar-refractivity contribution is 9.10. The molecule has 3 aromatic rings. The molecule has 2 aromatic carbocycles. The Morgan fingerprint density at radius 1 is 0.905 bits per heavy atom. The predicted molar refractivity (Wildman–Crippen MR) is 89.4 cm³/mol. The van der Waals surface area contributed by atoms with Crippen LogP contribution >= 0.6 is 15.9 Å². The van der Waals surface area contributed by atoms with Gasteiger partial charge in [-0.25, -0.2) is 0 Å². The van der Waals surface area contributed by atoms with Crippen molar-refractivity contribution in [3.8, 4) is 28.1 Å². The van der Waals surface area contributed by atoms with Gasteiger partial charge in [-0.2, -0.15) is 0 Å². The molecule has 0 amide bonds. The van der Waals surface area contributed by atoms with E-state index in [4.69, 9.17) is 4.74 Å². The van der Waals surface area contributed by atoms with E-state index in [0.29, 0.717) is 0 Å². The molecule has 0 aliphatic carbocycles. The van der Waals surface area contributed by atoms with Gasteiger partial charge in [-0.05, 0) is 45.3 Å². The molecule has 0 saturated carbocycles. The van der Waals surface area contributed by atoms with Gasteiger partial charge in [0.1, 0.15) is 5.75 Å². The zero-order valence-electron chi connectivity index (χ0n) is 11.6. The zero-order chi connectivity index (χ0) is 14.7. The zero-order valence-corrected chi connectivity index (χ0v) is 13.2. The van der Waals surface area contributed by atoms with E-state index < -0.39 is 0 Å². The molecule has 2 nitrogen and oxygen atoms in total. The molecule has 21 heavy (non-hydrogen) atoms. The molecule has 0 unspecified atom stereocenters. The number of rotatable bonds is 3. The van der Waals surface area contributed by atoms with Crippen LogP contribution in [0.1, 0.15) is 0 Å². The number of pyridine rings is 1. The number of aromatic nitrogens is 1. The monoisotopic (exact) mass is 339 g/mol. The molecule has 0 spiro atoms. The Labute approximate surface area is 132 Å². The van der Waals surface area contributed by atoms with Crippen LogP contribution in [0.3, 0.4) is 0 Å². The summed E-state index contributed by atoms with van der Waals surface area (Å²) in [6.07, 6.45) is 1.84. The maximum Gasteiger partial charge on any atom is 0.119 e. The molecule has 0 N–H and O–H groups in total. The van der Waals surface area contributed by atoms with Gasteiger partial charge in [-0.1, -0.05) is 42.5 Å². The van der Waals surface area contributed by atoms with Gasteiger partial charge in [-0.15, -0.1) is 0 Å². The third-order valence-electron chi connectivity index (χ3n) is 3.31. The minimum Gasteiger partial charge on any atom is -0.497 e. The number of hydrogen-bond acceptors (Lipinski definition) is 2. The van der Waals surface area contributed by atoms with Crippen LogP contribution in [0.25, 0.3) is 22.4 Å². The third-order valence-corrected chi connectivity index (χ3v) is 3.94. The van der Waals surface area contributed by atoms with Crippen LogP contribution in [-0.2, 0) is 0 Å². The average Bonchev–Trinajstić information content (AvgIpc) is 2.56. The fourth-order valence-electron chi connectivity index (χ4n) is 2.22. The van der Waals surface area contributed by atoms with Crippen LogP contribution in [0.15, 0.2) is 71.3 Å². The summed E-state index contributed by atoms with van der Waals surface area (Å²) in [6.45, 7) is 0. The molecule has 0 bridgehead atoms. The fraction of sp³-hybridized carbons (Fsp3) is 0.0556. The van der Waals surface area contributed by atoms with Gasteiger partial charge < -0.3 is 4.74 Å². The van der Waals surface area contributed by atoms with Crippen molar-refractivity contribution in [2.45, 2.75) is 0 Å². The van der Waals surface area contributed by atoms with Gasteiger partial charge >= 0.3 is 0 Å². The molecule has 104 valence electrons. The Morgan fingerprint density at radius 2 is 1.67 bits per heavy atom. The molecule has 3 heteroatoms. The summed E-state index contributed by atoms with van der Waals surface area (Å²) < 4.78 is 6.26. The molecule has 1 aromatic heterocycles. The van der Waals surface area contributed by atoms with Crippen molar-refractivity contribution in [3.05, 3.63) is 71.3 Å². The van der Waals surface area contributed by atoms with Gasteiger partial charge in [-0.3, -0.25) is 4.98 Å². The molecule has 0 aliphatic rings. The van der Waals surface area contributed by atoms with Gasteiger partial charge in [0.25, 0.3) is 0 Å². The number of halogens is 1. The Kier molecular flexibility index (Phi) is 4.02. The molecule has 0 aliphatic heterocycles. The summed E-state index contributed by atoms with van der Waals surface area (Å²) in [4.78, 5) is 4.51. The first-order valence-electron chi connectivity index (χ1n) is 6.63. The average molecular weight is 340 g/mol. The number of methoxy groups -OCH3 is 1. The SMILES string of the molecule is COc1cccc(-c2cc(-c3ccccc3)c(Br)cn2)c1.